The van der Waals surface area contributed by atoms with Gasteiger partial charge in [-0.3, -0.25) is 4.79 Å². The first-order chi connectivity index (χ1) is 4.90. The number of hydrogen-bond donors (Lipinski definition) is 1. The molecule has 0 saturated carbocycles. The van der Waals surface area contributed by atoms with Gasteiger partial charge in [-0.05, 0) is 13.8 Å². The van der Waals surface area contributed by atoms with Crippen LogP contribution in [0.3, 0.4) is 0 Å². The molecule has 1 amide bonds. The summed E-state index contributed by atoms with van der Waals surface area (Å²) in [6.45, 7) is 6.17. The molecule has 11 heavy (non-hydrogen) atoms. The summed E-state index contributed by atoms with van der Waals surface area (Å²) in [5.41, 5.74) is -0.992. The van der Waals surface area contributed by atoms with Crippen LogP contribution in [-0.4, -0.2) is 24.5 Å². The smallest absolute Gasteiger partial charge is 0.330 e. The zero-order valence-electron chi connectivity index (χ0n) is 6.93. The Hall–Kier alpha value is -1.06. The molecule has 0 fully saturated rings. The molecule has 0 heterocycles. The van der Waals surface area contributed by atoms with Crippen molar-refractivity contribution >= 4 is 11.9 Å². The predicted molar refractivity (Wildman–Crippen MR) is 39.6 cm³/mol. The second kappa shape index (κ2) is 3.37. The minimum absolute atomic E-state index is 0.491. The third kappa shape index (κ3) is 3.02. The minimum Gasteiger partial charge on any atom is -0.467 e. The monoisotopic (exact) mass is 158 g/mol. The van der Waals surface area contributed by atoms with Crippen LogP contribution in [0.2, 0.25) is 0 Å². The molecule has 63 valence electrons. The lowest BCUT2D eigenvalue weighted by molar-refractivity contribution is -0.148. The highest BCUT2D eigenvalue weighted by atomic mass is 16.5. The quantitative estimate of drug-likeness (QED) is 0.570. The minimum atomic E-state index is -0.992. The predicted octanol–water partition coefficient (Wildman–Crippen LogP) is -0.112. The number of carbonyl (C=O) groups excluding carboxylic acids is 2. The third-order valence-corrected chi connectivity index (χ3v) is 1.15. The van der Waals surface area contributed by atoms with Gasteiger partial charge in [-0.1, -0.05) is 0 Å². The molecule has 4 nitrogen and oxygen atoms in total. The average molecular weight is 158 g/mol. The molecule has 0 aliphatic carbocycles. The molecule has 0 aromatic carbocycles. The van der Waals surface area contributed by atoms with Crippen molar-refractivity contribution in [1.82, 2.24) is 5.32 Å². The van der Waals surface area contributed by atoms with Gasteiger partial charge in [0.25, 0.3) is 0 Å². The lowest BCUT2D eigenvalue weighted by Gasteiger charge is -2.21. The Kier molecular flexibility index (Phi) is 3.04. The van der Waals surface area contributed by atoms with E-state index in [1.165, 1.54) is 7.11 Å². The van der Waals surface area contributed by atoms with Gasteiger partial charge >= 0.3 is 5.97 Å². The van der Waals surface area contributed by atoms with Crippen LogP contribution in [-0.2, 0) is 14.3 Å². The summed E-state index contributed by atoms with van der Waals surface area (Å²) in [7, 11) is 1.26. The molecule has 0 spiro atoms. The zero-order chi connectivity index (χ0) is 9.07. The first kappa shape index (κ1) is 9.94. The lowest BCUT2D eigenvalue weighted by Crippen LogP contribution is -2.49. The molecule has 0 aromatic heterocycles. The van der Waals surface area contributed by atoms with Crippen LogP contribution in [0.1, 0.15) is 13.8 Å². The van der Waals surface area contributed by atoms with E-state index >= 15 is 0 Å². The number of rotatable bonds is 2. The van der Waals surface area contributed by atoms with Crippen molar-refractivity contribution in [2.45, 2.75) is 19.4 Å². The van der Waals surface area contributed by atoms with Gasteiger partial charge in [0.15, 0.2) is 0 Å². The van der Waals surface area contributed by atoms with Gasteiger partial charge < -0.3 is 10.1 Å². The summed E-state index contributed by atoms with van der Waals surface area (Å²) < 4.78 is 4.43. The van der Waals surface area contributed by atoms with Gasteiger partial charge in [0.1, 0.15) is 5.54 Å². The van der Waals surface area contributed by atoms with E-state index in [1.54, 1.807) is 13.8 Å². The van der Waals surface area contributed by atoms with E-state index in [2.05, 4.69) is 17.0 Å². The van der Waals surface area contributed by atoms with E-state index < -0.39 is 17.4 Å². The molecule has 0 aromatic rings. The standard InChI is InChI=1S/C7H12NO3/c1-5(9)8-7(2,3)6(10)11-4/h1H2,2-4H3,(H,8,9). The molecule has 0 saturated heterocycles. The highest BCUT2D eigenvalue weighted by Crippen LogP contribution is 2.03. The highest BCUT2D eigenvalue weighted by molar-refractivity contribution is 5.88. The molecule has 0 atom stereocenters. The van der Waals surface area contributed by atoms with Gasteiger partial charge in [0, 0.05) is 6.92 Å². The third-order valence-electron chi connectivity index (χ3n) is 1.15. The summed E-state index contributed by atoms with van der Waals surface area (Å²) in [5, 5.41) is 2.35. The van der Waals surface area contributed by atoms with Crippen molar-refractivity contribution in [2.24, 2.45) is 0 Å². The second-order valence-corrected chi connectivity index (χ2v) is 2.66. The topological polar surface area (TPSA) is 55.4 Å². The molecular weight excluding hydrogens is 146 g/mol. The molecule has 0 unspecified atom stereocenters. The van der Waals surface area contributed by atoms with Crippen LogP contribution in [0.15, 0.2) is 0 Å². The fraction of sp³-hybridized carbons (Fsp3) is 0.571. The van der Waals surface area contributed by atoms with E-state index in [9.17, 15) is 9.59 Å². The van der Waals surface area contributed by atoms with Gasteiger partial charge in [-0.2, -0.15) is 0 Å². The lowest BCUT2D eigenvalue weighted by atomic mass is 10.1. The molecule has 4 heteroatoms. The van der Waals surface area contributed by atoms with Gasteiger partial charge in [0.2, 0.25) is 5.91 Å². The molecule has 0 bridgehead atoms. The molecular formula is C7H12NO3. The van der Waals surface area contributed by atoms with Gasteiger partial charge in [-0.15, -0.1) is 0 Å². The van der Waals surface area contributed by atoms with Crippen LogP contribution in [0.25, 0.3) is 0 Å². The van der Waals surface area contributed by atoms with E-state index in [4.69, 9.17) is 0 Å². The van der Waals surface area contributed by atoms with Gasteiger partial charge in [-0.25, -0.2) is 4.79 Å². The maximum atomic E-state index is 10.9. The molecule has 0 rings (SSSR count). The zero-order valence-corrected chi connectivity index (χ0v) is 6.93. The van der Waals surface area contributed by atoms with Crippen molar-refractivity contribution in [3.05, 3.63) is 6.92 Å². The van der Waals surface area contributed by atoms with Gasteiger partial charge in [0.05, 0.1) is 7.11 Å². The first-order valence-corrected chi connectivity index (χ1v) is 3.12. The van der Waals surface area contributed by atoms with Crippen LogP contribution in [0, 0.1) is 6.92 Å². The number of hydrogen-bond acceptors (Lipinski definition) is 3. The number of amides is 1. The number of methoxy groups -OCH3 is 1. The van der Waals surface area contributed by atoms with Crippen LogP contribution in [0.4, 0.5) is 0 Å². The van der Waals surface area contributed by atoms with E-state index in [0.29, 0.717) is 0 Å². The van der Waals surface area contributed by atoms with Crippen LogP contribution in [0.5, 0.6) is 0 Å². The van der Waals surface area contributed by atoms with E-state index in [0.717, 1.165) is 0 Å². The van der Waals surface area contributed by atoms with Crippen molar-refractivity contribution in [3.63, 3.8) is 0 Å². The summed E-state index contributed by atoms with van der Waals surface area (Å²) in [6.07, 6.45) is 0. The Morgan fingerprint density at radius 2 is 1.91 bits per heavy atom. The molecule has 1 N–H and O–H groups in total. The fourth-order valence-corrected chi connectivity index (χ4v) is 0.655. The molecule has 1 radical (unpaired) electrons. The summed E-state index contributed by atoms with van der Waals surface area (Å²) in [6, 6.07) is 0. The van der Waals surface area contributed by atoms with Crippen molar-refractivity contribution in [2.75, 3.05) is 7.11 Å². The van der Waals surface area contributed by atoms with Crippen LogP contribution >= 0.6 is 0 Å². The number of carbonyl (C=O) groups is 2. The highest BCUT2D eigenvalue weighted by Gasteiger charge is 2.28. The second-order valence-electron chi connectivity index (χ2n) is 2.66. The Bertz CT molecular complexity index is 175. The summed E-state index contributed by atoms with van der Waals surface area (Å²) in [4.78, 5) is 21.4. The Morgan fingerprint density at radius 3 is 2.18 bits per heavy atom. The summed E-state index contributed by atoms with van der Waals surface area (Å²) in [5.74, 6) is -0.991. The largest absolute Gasteiger partial charge is 0.467 e. The Labute approximate surface area is 65.9 Å². The summed E-state index contributed by atoms with van der Waals surface area (Å²) >= 11 is 0. The van der Waals surface area contributed by atoms with Crippen molar-refractivity contribution in [1.29, 1.82) is 0 Å². The van der Waals surface area contributed by atoms with Crippen LogP contribution < -0.4 is 5.32 Å². The van der Waals surface area contributed by atoms with Crippen molar-refractivity contribution < 1.29 is 14.3 Å². The SMILES string of the molecule is [CH2]C(=O)NC(C)(C)C(=O)OC. The number of esters is 1. The van der Waals surface area contributed by atoms with E-state index in [-0.39, 0.29) is 0 Å². The fourth-order valence-electron chi connectivity index (χ4n) is 0.655. The molecule has 0 aliphatic rings. The number of nitrogens with one attached hydrogen (secondary N) is 1. The average Bonchev–Trinajstić information content (AvgIpc) is 1.83. The maximum Gasteiger partial charge on any atom is 0.330 e. The number of ether oxygens (including phenoxy) is 1. The normalized spacial score (nSPS) is 10.5. The molecule has 0 aliphatic heterocycles. The van der Waals surface area contributed by atoms with Crippen molar-refractivity contribution in [3.8, 4) is 0 Å². The first-order valence-electron chi connectivity index (χ1n) is 3.12. The maximum absolute atomic E-state index is 10.9. The van der Waals surface area contributed by atoms with E-state index in [1.807, 2.05) is 0 Å². The Morgan fingerprint density at radius 1 is 1.45 bits per heavy atom. The Balaban J connectivity index is 4.21.